The molecule has 1 saturated carbocycles. The number of rotatable bonds is 4. The van der Waals surface area contributed by atoms with Crippen LogP contribution in [0.3, 0.4) is 0 Å². The van der Waals surface area contributed by atoms with Crippen molar-refractivity contribution < 1.29 is 9.50 Å². The van der Waals surface area contributed by atoms with Gasteiger partial charge in [-0.3, -0.25) is 0 Å². The van der Waals surface area contributed by atoms with E-state index in [0.29, 0.717) is 18.4 Å². The number of nitrogens with one attached hydrogen (secondary N) is 1. The van der Waals surface area contributed by atoms with Crippen LogP contribution in [0.25, 0.3) is 0 Å². The normalized spacial score (nSPS) is 28.9. The third-order valence-corrected chi connectivity index (χ3v) is 4.81. The maximum atomic E-state index is 14.1. The van der Waals surface area contributed by atoms with Crippen LogP contribution in [0.4, 0.5) is 10.1 Å². The highest BCUT2D eigenvalue weighted by molar-refractivity contribution is 5.55. The number of fused-ring (bicyclic) bond motifs is 1. The number of aliphatic hydroxyl groups is 1. The summed E-state index contributed by atoms with van der Waals surface area (Å²) in [5.41, 5.74) is 1.75. The molecule has 1 aliphatic carbocycles. The third-order valence-electron chi connectivity index (χ3n) is 4.81. The summed E-state index contributed by atoms with van der Waals surface area (Å²) >= 11 is 0. The molecule has 4 heteroatoms. The molecule has 1 aromatic carbocycles. The fourth-order valence-corrected chi connectivity index (χ4v) is 3.70. The van der Waals surface area contributed by atoms with E-state index in [4.69, 9.17) is 0 Å². The van der Waals surface area contributed by atoms with E-state index in [1.807, 2.05) is 13.0 Å². The van der Waals surface area contributed by atoms with E-state index >= 15 is 0 Å². The van der Waals surface area contributed by atoms with Crippen molar-refractivity contribution >= 4 is 5.69 Å². The fraction of sp³-hybridized carbons (Fsp3) is 0.625. The van der Waals surface area contributed by atoms with Gasteiger partial charge in [0.25, 0.3) is 0 Å². The Morgan fingerprint density at radius 3 is 2.95 bits per heavy atom. The second-order valence-corrected chi connectivity index (χ2v) is 5.99. The van der Waals surface area contributed by atoms with Gasteiger partial charge in [0, 0.05) is 36.8 Å². The van der Waals surface area contributed by atoms with E-state index in [0.717, 1.165) is 43.7 Å². The number of aliphatic hydroxyl groups excluding tert-OH is 1. The van der Waals surface area contributed by atoms with Crippen molar-refractivity contribution in [3.63, 3.8) is 0 Å². The van der Waals surface area contributed by atoms with Gasteiger partial charge >= 0.3 is 0 Å². The lowest BCUT2D eigenvalue weighted by atomic mass is 10.00. The van der Waals surface area contributed by atoms with Gasteiger partial charge in [-0.05, 0) is 37.4 Å². The van der Waals surface area contributed by atoms with Crippen LogP contribution in [-0.4, -0.2) is 30.8 Å². The minimum absolute atomic E-state index is 0.138. The summed E-state index contributed by atoms with van der Waals surface area (Å²) in [6.45, 7) is 5.22. The predicted molar refractivity (Wildman–Crippen MR) is 78.2 cm³/mol. The Kier molecular flexibility index (Phi) is 3.94. The molecular weight excluding hydrogens is 255 g/mol. The van der Waals surface area contributed by atoms with Gasteiger partial charge in [0.2, 0.25) is 0 Å². The van der Waals surface area contributed by atoms with Crippen molar-refractivity contribution in [3.8, 4) is 0 Å². The van der Waals surface area contributed by atoms with Crippen molar-refractivity contribution in [1.29, 1.82) is 0 Å². The Hall–Kier alpha value is -1.13. The van der Waals surface area contributed by atoms with Gasteiger partial charge in [-0.1, -0.05) is 13.0 Å². The maximum Gasteiger partial charge on any atom is 0.129 e. The van der Waals surface area contributed by atoms with Crippen LogP contribution in [0, 0.1) is 17.7 Å². The van der Waals surface area contributed by atoms with E-state index in [9.17, 15) is 9.50 Å². The van der Waals surface area contributed by atoms with Crippen LogP contribution in [0.2, 0.25) is 0 Å². The smallest absolute Gasteiger partial charge is 0.129 e. The first-order chi connectivity index (χ1) is 9.70. The summed E-state index contributed by atoms with van der Waals surface area (Å²) in [4.78, 5) is 2.26. The van der Waals surface area contributed by atoms with E-state index in [1.165, 1.54) is 6.07 Å². The van der Waals surface area contributed by atoms with Crippen LogP contribution in [0.5, 0.6) is 0 Å². The molecule has 1 aliphatic heterocycles. The molecule has 0 amide bonds. The molecule has 3 nitrogen and oxygen atoms in total. The van der Waals surface area contributed by atoms with Gasteiger partial charge in [0.15, 0.2) is 0 Å². The molecule has 1 aromatic rings. The fourth-order valence-electron chi connectivity index (χ4n) is 3.70. The molecule has 2 aliphatic rings. The van der Waals surface area contributed by atoms with Crippen LogP contribution >= 0.6 is 0 Å². The number of halogens is 1. The average Bonchev–Trinajstić information content (AvgIpc) is 3.00. The molecule has 0 aromatic heterocycles. The third kappa shape index (κ3) is 2.42. The molecule has 3 atom stereocenters. The lowest BCUT2D eigenvalue weighted by molar-refractivity contribution is 0.133. The number of anilines is 1. The number of benzene rings is 1. The first-order valence-corrected chi connectivity index (χ1v) is 7.61. The maximum absolute atomic E-state index is 14.1. The van der Waals surface area contributed by atoms with Gasteiger partial charge in [-0.2, -0.15) is 0 Å². The van der Waals surface area contributed by atoms with Crippen molar-refractivity contribution in [3.05, 3.63) is 29.6 Å². The quantitative estimate of drug-likeness (QED) is 0.886. The zero-order valence-corrected chi connectivity index (χ0v) is 12.0. The summed E-state index contributed by atoms with van der Waals surface area (Å²) in [6.07, 6.45) is 1.85. The molecule has 2 N–H and O–H groups in total. The first-order valence-electron chi connectivity index (χ1n) is 7.61. The van der Waals surface area contributed by atoms with Crippen molar-refractivity contribution in [1.82, 2.24) is 5.32 Å². The van der Waals surface area contributed by atoms with Crippen molar-refractivity contribution in [2.45, 2.75) is 32.4 Å². The Morgan fingerprint density at radius 1 is 1.35 bits per heavy atom. The largest absolute Gasteiger partial charge is 0.393 e. The molecule has 0 bridgehead atoms. The molecule has 2 fully saturated rings. The van der Waals surface area contributed by atoms with Gasteiger partial charge in [0.1, 0.15) is 5.82 Å². The van der Waals surface area contributed by atoms with Crippen LogP contribution < -0.4 is 10.2 Å². The topological polar surface area (TPSA) is 35.5 Å². The van der Waals surface area contributed by atoms with Crippen LogP contribution in [0.1, 0.15) is 25.3 Å². The Morgan fingerprint density at radius 2 is 2.20 bits per heavy atom. The molecular formula is C16H23FN2O. The molecule has 1 heterocycles. The molecule has 3 unspecified atom stereocenters. The standard InChI is InChI=1S/C16H23FN2O/c1-2-18-8-12-14(17)4-3-5-15(12)19-9-11-6-7-16(20)13(11)10-19/h3-5,11,13,16,18,20H,2,6-10H2,1H3. The molecule has 3 rings (SSSR count). The zero-order valence-electron chi connectivity index (χ0n) is 12.0. The van der Waals surface area contributed by atoms with E-state index in [2.05, 4.69) is 10.2 Å². The van der Waals surface area contributed by atoms with Gasteiger partial charge < -0.3 is 15.3 Å². The molecule has 0 spiro atoms. The highest BCUT2D eigenvalue weighted by atomic mass is 19.1. The number of hydrogen-bond acceptors (Lipinski definition) is 3. The monoisotopic (exact) mass is 278 g/mol. The highest BCUT2D eigenvalue weighted by Crippen LogP contribution is 2.40. The summed E-state index contributed by atoms with van der Waals surface area (Å²) in [6, 6.07) is 5.32. The van der Waals surface area contributed by atoms with Gasteiger partial charge in [-0.25, -0.2) is 4.39 Å². The van der Waals surface area contributed by atoms with Crippen molar-refractivity contribution in [2.75, 3.05) is 24.5 Å². The second-order valence-electron chi connectivity index (χ2n) is 5.99. The minimum atomic E-state index is -0.171. The Balaban J connectivity index is 1.82. The van der Waals surface area contributed by atoms with Crippen LogP contribution in [-0.2, 0) is 6.54 Å². The zero-order chi connectivity index (χ0) is 14.1. The number of nitrogens with zero attached hydrogens (tertiary/aromatic N) is 1. The summed E-state index contributed by atoms with van der Waals surface area (Å²) < 4.78 is 14.1. The average molecular weight is 278 g/mol. The molecule has 110 valence electrons. The first kappa shape index (κ1) is 13.8. The number of hydrogen-bond donors (Lipinski definition) is 2. The van der Waals surface area contributed by atoms with E-state index in [1.54, 1.807) is 6.07 Å². The highest BCUT2D eigenvalue weighted by Gasteiger charge is 2.42. The van der Waals surface area contributed by atoms with Crippen LogP contribution in [0.15, 0.2) is 18.2 Å². The van der Waals surface area contributed by atoms with E-state index < -0.39 is 0 Å². The minimum Gasteiger partial charge on any atom is -0.393 e. The Bertz CT molecular complexity index is 480. The van der Waals surface area contributed by atoms with Crippen molar-refractivity contribution in [2.24, 2.45) is 11.8 Å². The molecule has 1 saturated heterocycles. The lowest BCUT2D eigenvalue weighted by Crippen LogP contribution is -2.26. The SMILES string of the molecule is CCNCc1c(F)cccc1N1CC2CCC(O)C2C1. The summed E-state index contributed by atoms with van der Waals surface area (Å²) in [5.74, 6) is 0.798. The van der Waals surface area contributed by atoms with E-state index in [-0.39, 0.29) is 11.9 Å². The predicted octanol–water partition coefficient (Wildman–Crippen LogP) is 2.14. The second kappa shape index (κ2) is 5.70. The van der Waals surface area contributed by atoms with Gasteiger partial charge in [-0.15, -0.1) is 0 Å². The Labute approximate surface area is 119 Å². The lowest BCUT2D eigenvalue weighted by Gasteiger charge is -2.24. The summed E-state index contributed by atoms with van der Waals surface area (Å²) in [5, 5.41) is 13.2. The summed E-state index contributed by atoms with van der Waals surface area (Å²) in [7, 11) is 0. The van der Waals surface area contributed by atoms with Gasteiger partial charge in [0.05, 0.1) is 6.10 Å². The molecule has 20 heavy (non-hydrogen) atoms. The molecule has 0 radical (unpaired) electrons.